The van der Waals surface area contributed by atoms with Crippen LogP contribution in [0, 0.1) is 6.92 Å². The number of amides is 2. The summed E-state index contributed by atoms with van der Waals surface area (Å²) in [5.41, 5.74) is 2.66. The molecule has 1 saturated carbocycles. The molecule has 1 fully saturated rings. The minimum Gasteiger partial charge on any atom is -0.491 e. The maximum atomic E-state index is 13.6. The highest BCUT2D eigenvalue weighted by Gasteiger charge is 2.38. The van der Waals surface area contributed by atoms with Gasteiger partial charge in [0.25, 0.3) is 5.91 Å². The van der Waals surface area contributed by atoms with E-state index in [-0.39, 0.29) is 30.4 Å². The molecule has 5 nitrogen and oxygen atoms in total. The molecule has 7 heteroatoms. The molecule has 1 aromatic heterocycles. The van der Waals surface area contributed by atoms with Gasteiger partial charge in [0, 0.05) is 17.5 Å². The van der Waals surface area contributed by atoms with Crippen LogP contribution in [0.4, 0.5) is 0 Å². The van der Waals surface area contributed by atoms with Gasteiger partial charge in [0.1, 0.15) is 18.9 Å². The van der Waals surface area contributed by atoms with Crippen LogP contribution in [-0.4, -0.2) is 47.4 Å². The molecule has 2 aliphatic rings. The van der Waals surface area contributed by atoms with Crippen LogP contribution in [0.1, 0.15) is 45.2 Å². The lowest BCUT2D eigenvalue weighted by Gasteiger charge is -2.37. The molecule has 0 unspecified atom stereocenters. The number of carbonyl (C=O) groups is 2. The van der Waals surface area contributed by atoms with E-state index in [0.29, 0.717) is 23.7 Å². The normalized spacial score (nSPS) is 17.2. The van der Waals surface area contributed by atoms with Crippen LogP contribution >= 0.6 is 22.9 Å². The predicted octanol–water partition coefficient (Wildman–Crippen LogP) is 5.52. The quantitative estimate of drug-likeness (QED) is 0.434. The van der Waals surface area contributed by atoms with Gasteiger partial charge in [0.05, 0.1) is 16.6 Å². The molecule has 0 radical (unpaired) electrons. The Labute approximate surface area is 208 Å². The largest absolute Gasteiger partial charge is 0.491 e. The van der Waals surface area contributed by atoms with E-state index in [1.165, 1.54) is 4.88 Å². The topological polar surface area (TPSA) is 49.9 Å². The molecule has 5 rings (SSSR count). The number of thiophene rings is 1. The molecule has 1 aliphatic heterocycles. The molecule has 1 atom stereocenters. The number of ether oxygens (including phenoxy) is 1. The second-order valence-electron chi connectivity index (χ2n) is 8.87. The van der Waals surface area contributed by atoms with Crippen molar-refractivity contribution < 1.29 is 14.3 Å². The minimum absolute atomic E-state index is 0.0507. The summed E-state index contributed by atoms with van der Waals surface area (Å²) >= 11 is 8.02. The van der Waals surface area contributed by atoms with Crippen molar-refractivity contribution in [3.63, 3.8) is 0 Å². The fraction of sp³-hybridized carbons (Fsp3) is 0.333. The highest BCUT2D eigenvalue weighted by molar-refractivity contribution is 7.10. The van der Waals surface area contributed by atoms with Crippen LogP contribution in [-0.2, 0) is 11.2 Å². The van der Waals surface area contributed by atoms with Crippen molar-refractivity contribution in [1.29, 1.82) is 0 Å². The highest BCUT2D eigenvalue weighted by atomic mass is 35.5. The molecule has 0 spiro atoms. The zero-order chi connectivity index (χ0) is 23.7. The number of aryl methyl sites for hydroxylation is 1. The van der Waals surface area contributed by atoms with Gasteiger partial charge in [-0.25, -0.2) is 0 Å². The summed E-state index contributed by atoms with van der Waals surface area (Å²) in [5, 5.41) is 2.49. The van der Waals surface area contributed by atoms with Crippen LogP contribution in [0.25, 0.3) is 0 Å². The molecular formula is C27H27ClN2O3S. The lowest BCUT2D eigenvalue weighted by Crippen LogP contribution is -2.48. The Hall–Kier alpha value is -2.83. The first-order valence-electron chi connectivity index (χ1n) is 11.6. The summed E-state index contributed by atoms with van der Waals surface area (Å²) < 4.78 is 6.19. The van der Waals surface area contributed by atoms with Crippen molar-refractivity contribution in [1.82, 2.24) is 9.80 Å². The lowest BCUT2D eigenvalue weighted by atomic mass is 10.00. The van der Waals surface area contributed by atoms with Gasteiger partial charge in [0.15, 0.2) is 0 Å². The van der Waals surface area contributed by atoms with Gasteiger partial charge in [-0.3, -0.25) is 9.59 Å². The van der Waals surface area contributed by atoms with Crippen molar-refractivity contribution in [2.24, 2.45) is 0 Å². The number of carbonyl (C=O) groups excluding carboxylic acids is 2. The Kier molecular flexibility index (Phi) is 6.61. The smallest absolute Gasteiger partial charge is 0.256 e. The van der Waals surface area contributed by atoms with Gasteiger partial charge in [0.2, 0.25) is 5.91 Å². The standard InChI is InChI=1S/C27H27ClN2O3S/c1-18-6-2-5-9-24(18)33-17-23-21-13-15-34-25(21)12-14-29(23)26(31)16-30(19-10-11-19)27(32)20-7-3-4-8-22(20)28/h2-9,13,15,19,23H,10-12,14,16-17H2,1H3/t23-/m0/s1. The van der Waals surface area contributed by atoms with Gasteiger partial charge in [-0.1, -0.05) is 41.9 Å². The summed E-state index contributed by atoms with van der Waals surface area (Å²) in [6.45, 7) is 3.06. The van der Waals surface area contributed by atoms with Gasteiger partial charge in [-0.15, -0.1) is 11.3 Å². The minimum atomic E-state index is -0.182. The third kappa shape index (κ3) is 4.70. The van der Waals surface area contributed by atoms with Gasteiger partial charge >= 0.3 is 0 Å². The second-order valence-corrected chi connectivity index (χ2v) is 10.3. The van der Waals surface area contributed by atoms with Gasteiger partial charge in [-0.05, 0) is 67.0 Å². The van der Waals surface area contributed by atoms with Crippen LogP contribution in [0.15, 0.2) is 60.0 Å². The predicted molar refractivity (Wildman–Crippen MR) is 135 cm³/mol. The number of para-hydroxylation sites is 1. The van der Waals surface area contributed by atoms with Gasteiger partial charge < -0.3 is 14.5 Å². The Bertz CT molecular complexity index is 1210. The van der Waals surface area contributed by atoms with E-state index < -0.39 is 0 Å². The van der Waals surface area contributed by atoms with Gasteiger partial charge in [-0.2, -0.15) is 0 Å². The first-order chi connectivity index (χ1) is 16.5. The summed E-state index contributed by atoms with van der Waals surface area (Å²) in [6.07, 6.45) is 2.65. The molecule has 176 valence electrons. The number of hydrogen-bond donors (Lipinski definition) is 0. The molecule has 3 aromatic rings. The molecule has 34 heavy (non-hydrogen) atoms. The zero-order valence-corrected chi connectivity index (χ0v) is 20.6. The van der Waals surface area contributed by atoms with E-state index in [4.69, 9.17) is 16.3 Å². The van der Waals surface area contributed by atoms with Crippen molar-refractivity contribution >= 4 is 34.8 Å². The van der Waals surface area contributed by atoms with Crippen molar-refractivity contribution in [2.75, 3.05) is 19.7 Å². The highest BCUT2D eigenvalue weighted by Crippen LogP contribution is 2.35. The van der Waals surface area contributed by atoms with E-state index in [1.54, 1.807) is 40.5 Å². The van der Waals surface area contributed by atoms with Crippen LogP contribution in [0.3, 0.4) is 0 Å². The van der Waals surface area contributed by atoms with E-state index >= 15 is 0 Å². The van der Waals surface area contributed by atoms with Crippen LogP contribution in [0.5, 0.6) is 5.75 Å². The van der Waals surface area contributed by atoms with E-state index in [0.717, 1.165) is 36.1 Å². The van der Waals surface area contributed by atoms with E-state index in [1.807, 2.05) is 36.1 Å². The second kappa shape index (κ2) is 9.80. The Morgan fingerprint density at radius 2 is 1.88 bits per heavy atom. The first-order valence-corrected chi connectivity index (χ1v) is 12.9. The maximum Gasteiger partial charge on any atom is 0.256 e. The summed E-state index contributed by atoms with van der Waals surface area (Å²) in [4.78, 5) is 31.8. The SMILES string of the molecule is Cc1ccccc1OC[C@H]1c2ccsc2CCN1C(=O)CN(C(=O)c1ccccc1Cl)C1CC1. The van der Waals surface area contributed by atoms with Crippen LogP contribution in [0.2, 0.25) is 5.02 Å². The lowest BCUT2D eigenvalue weighted by molar-refractivity contribution is -0.135. The summed E-state index contributed by atoms with van der Waals surface area (Å²) in [7, 11) is 0. The first kappa shape index (κ1) is 22.9. The zero-order valence-electron chi connectivity index (χ0n) is 19.1. The average molecular weight is 495 g/mol. The Morgan fingerprint density at radius 3 is 2.65 bits per heavy atom. The molecule has 2 heterocycles. The molecule has 2 amide bonds. The Morgan fingerprint density at radius 1 is 1.12 bits per heavy atom. The monoisotopic (exact) mass is 494 g/mol. The number of rotatable bonds is 7. The fourth-order valence-electron chi connectivity index (χ4n) is 4.54. The number of hydrogen-bond acceptors (Lipinski definition) is 4. The fourth-order valence-corrected chi connectivity index (χ4v) is 5.69. The van der Waals surface area contributed by atoms with Crippen molar-refractivity contribution in [3.05, 3.63) is 86.6 Å². The molecule has 0 bridgehead atoms. The van der Waals surface area contributed by atoms with E-state index in [2.05, 4.69) is 11.4 Å². The Balaban J connectivity index is 1.36. The number of fused-ring (bicyclic) bond motifs is 1. The molecular weight excluding hydrogens is 468 g/mol. The number of benzene rings is 2. The third-order valence-electron chi connectivity index (χ3n) is 6.56. The van der Waals surface area contributed by atoms with Crippen LogP contribution < -0.4 is 4.74 Å². The molecule has 0 N–H and O–H groups in total. The average Bonchev–Trinajstić information content (AvgIpc) is 3.57. The van der Waals surface area contributed by atoms with E-state index in [9.17, 15) is 9.59 Å². The van der Waals surface area contributed by atoms with Crippen molar-refractivity contribution in [3.8, 4) is 5.75 Å². The third-order valence-corrected chi connectivity index (χ3v) is 7.89. The molecule has 0 saturated heterocycles. The maximum absolute atomic E-state index is 13.6. The molecule has 2 aromatic carbocycles. The molecule has 1 aliphatic carbocycles. The summed E-state index contributed by atoms with van der Waals surface area (Å²) in [6, 6.07) is 17.0. The number of halogens is 1. The summed E-state index contributed by atoms with van der Waals surface area (Å²) in [5.74, 6) is 0.593. The van der Waals surface area contributed by atoms with Crippen molar-refractivity contribution in [2.45, 2.75) is 38.3 Å². The number of nitrogens with zero attached hydrogens (tertiary/aromatic N) is 2.